The van der Waals surface area contributed by atoms with E-state index in [1.54, 1.807) is 6.07 Å². The quantitative estimate of drug-likeness (QED) is 0.337. The minimum atomic E-state index is -1.16. The number of hydrogen-bond acceptors (Lipinski definition) is 8. The highest BCUT2D eigenvalue weighted by molar-refractivity contribution is 6.03. The molecule has 3 heterocycles. The van der Waals surface area contributed by atoms with E-state index >= 15 is 0 Å². The fourth-order valence-corrected chi connectivity index (χ4v) is 4.45. The number of aliphatic hydroxyl groups excluding tert-OH is 2. The first-order chi connectivity index (χ1) is 18.6. The zero-order valence-corrected chi connectivity index (χ0v) is 21.3. The summed E-state index contributed by atoms with van der Waals surface area (Å²) in [6.07, 6.45) is 1.27. The van der Waals surface area contributed by atoms with E-state index in [1.807, 2.05) is 13.8 Å². The lowest BCUT2D eigenvalue weighted by Gasteiger charge is -2.40. The molecule has 1 saturated heterocycles. The number of hydrogen-bond donors (Lipinski definition) is 4. The second-order valence-corrected chi connectivity index (χ2v) is 9.50. The van der Waals surface area contributed by atoms with Gasteiger partial charge in [0.2, 0.25) is 0 Å². The van der Waals surface area contributed by atoms with Crippen LogP contribution in [0.3, 0.4) is 0 Å². The number of nitrogens with one attached hydrogen (secondary N) is 1. The molecule has 0 bridgehead atoms. The Morgan fingerprint density at radius 2 is 1.92 bits per heavy atom. The molecule has 0 radical (unpaired) electrons. The Balaban J connectivity index is 1.61. The molecule has 1 aromatic carbocycles. The highest BCUT2D eigenvalue weighted by Gasteiger charge is 2.38. The number of carbonyl (C=O) groups excluding carboxylic acids is 1. The Kier molecular flexibility index (Phi) is 8.80. The summed E-state index contributed by atoms with van der Waals surface area (Å²) in [5.41, 5.74) is 5.21. The van der Waals surface area contributed by atoms with Crippen molar-refractivity contribution in [3.63, 3.8) is 0 Å². The average molecular weight is 547 g/mol. The van der Waals surface area contributed by atoms with Gasteiger partial charge in [-0.25, -0.2) is 18.2 Å². The van der Waals surface area contributed by atoms with Crippen LogP contribution in [-0.4, -0.2) is 57.6 Å². The van der Waals surface area contributed by atoms with Gasteiger partial charge in [0.15, 0.2) is 0 Å². The van der Waals surface area contributed by atoms with Crippen LogP contribution in [0.4, 0.5) is 18.9 Å². The molecule has 0 aliphatic carbocycles. The number of aromatic nitrogens is 2. The Morgan fingerprint density at radius 3 is 2.59 bits per heavy atom. The van der Waals surface area contributed by atoms with Gasteiger partial charge in [0, 0.05) is 29.9 Å². The lowest BCUT2D eigenvalue weighted by atomic mass is 9.88. The van der Waals surface area contributed by atoms with Gasteiger partial charge in [-0.3, -0.25) is 9.78 Å². The molecule has 2 aromatic heterocycles. The van der Waals surface area contributed by atoms with Crippen molar-refractivity contribution in [3.05, 3.63) is 71.4 Å². The third-order valence-corrected chi connectivity index (χ3v) is 6.38. The number of pyridine rings is 2. The number of nitrogens with zero attached hydrogens (tertiary/aromatic N) is 2. The first kappa shape index (κ1) is 28.4. The van der Waals surface area contributed by atoms with Crippen molar-refractivity contribution in [1.82, 2.24) is 9.97 Å². The molecule has 1 aliphatic rings. The summed E-state index contributed by atoms with van der Waals surface area (Å²) in [6.45, 7) is 3.25. The number of aliphatic hydroxyl groups is 2. The molecule has 1 amide bonds. The molecule has 208 valence electrons. The van der Waals surface area contributed by atoms with E-state index in [4.69, 9.17) is 20.3 Å². The Labute approximate surface area is 222 Å². The smallest absolute Gasteiger partial charge is 0.274 e. The maximum Gasteiger partial charge on any atom is 0.274 e. The van der Waals surface area contributed by atoms with Crippen molar-refractivity contribution in [2.24, 2.45) is 11.7 Å². The molecule has 12 heteroatoms. The molecule has 0 saturated carbocycles. The molecular formula is C27H29F3N4O5. The van der Waals surface area contributed by atoms with Gasteiger partial charge in [0.05, 0.1) is 42.4 Å². The number of carbonyl (C=O) groups is 1. The number of anilines is 1. The number of halogens is 3. The van der Waals surface area contributed by atoms with Crippen molar-refractivity contribution in [1.29, 1.82) is 0 Å². The van der Waals surface area contributed by atoms with Crippen molar-refractivity contribution in [3.8, 4) is 17.0 Å². The summed E-state index contributed by atoms with van der Waals surface area (Å²) in [5, 5.41) is 21.9. The standard InChI is InChI=1S/C27H29F3N4O5/c1-13(2)26-25(36)19(31)11-22(39-26)15-5-6-32-12-21(15)34-27(37)20-4-3-16(28)24(33-20)23-17(29)9-14(10-18(23)30)38-8-7-35/h3-6,9-10,12-13,19,22,25-26,35-36H,7-8,11,31H2,1-2H3,(H,34,37)/t19-,22+,25+,26-/m1/s1. The Morgan fingerprint density at radius 1 is 1.21 bits per heavy atom. The van der Waals surface area contributed by atoms with Crippen molar-refractivity contribution >= 4 is 11.6 Å². The molecule has 0 spiro atoms. The number of rotatable bonds is 8. The van der Waals surface area contributed by atoms with E-state index in [0.717, 1.165) is 24.3 Å². The van der Waals surface area contributed by atoms with Crippen molar-refractivity contribution in [2.45, 2.75) is 44.6 Å². The first-order valence-corrected chi connectivity index (χ1v) is 12.3. The maximum absolute atomic E-state index is 14.7. The topological polar surface area (TPSA) is 140 Å². The molecule has 1 fully saturated rings. The minimum absolute atomic E-state index is 0.0216. The monoisotopic (exact) mass is 546 g/mol. The highest BCUT2D eigenvalue weighted by atomic mass is 19.1. The summed E-state index contributed by atoms with van der Waals surface area (Å²) in [5.74, 6) is -4.36. The number of benzene rings is 1. The fourth-order valence-electron chi connectivity index (χ4n) is 4.45. The van der Waals surface area contributed by atoms with Crippen LogP contribution in [0.2, 0.25) is 0 Å². The van der Waals surface area contributed by atoms with E-state index in [2.05, 4.69) is 15.3 Å². The number of nitrogens with two attached hydrogens (primary N) is 1. The van der Waals surface area contributed by atoms with E-state index in [-0.39, 0.29) is 42.7 Å². The molecule has 1 aliphatic heterocycles. The van der Waals surface area contributed by atoms with Crippen LogP contribution in [0.1, 0.15) is 42.4 Å². The second-order valence-electron chi connectivity index (χ2n) is 9.50. The van der Waals surface area contributed by atoms with Crippen molar-refractivity contribution in [2.75, 3.05) is 18.5 Å². The van der Waals surface area contributed by atoms with Gasteiger partial charge in [-0.1, -0.05) is 13.8 Å². The van der Waals surface area contributed by atoms with Gasteiger partial charge in [-0.05, 0) is 30.5 Å². The van der Waals surface area contributed by atoms with Gasteiger partial charge >= 0.3 is 0 Å². The van der Waals surface area contributed by atoms with E-state index < -0.39 is 59.0 Å². The summed E-state index contributed by atoms with van der Waals surface area (Å²) in [7, 11) is 0. The molecule has 5 N–H and O–H groups in total. The Hall–Kier alpha value is -3.58. The molecule has 3 aromatic rings. The first-order valence-electron chi connectivity index (χ1n) is 12.3. The number of ether oxygens (including phenoxy) is 2. The van der Waals surface area contributed by atoms with Gasteiger partial charge in [-0.2, -0.15) is 0 Å². The lowest BCUT2D eigenvalue weighted by molar-refractivity contribution is -0.145. The van der Waals surface area contributed by atoms with E-state index in [0.29, 0.717) is 5.56 Å². The summed E-state index contributed by atoms with van der Waals surface area (Å²) >= 11 is 0. The third kappa shape index (κ3) is 6.19. The van der Waals surface area contributed by atoms with Gasteiger partial charge in [-0.15, -0.1) is 0 Å². The summed E-state index contributed by atoms with van der Waals surface area (Å²) in [6, 6.07) is 4.72. The van der Waals surface area contributed by atoms with Crippen LogP contribution < -0.4 is 15.8 Å². The molecule has 4 rings (SSSR count). The normalized spacial score (nSPS) is 21.2. The van der Waals surface area contributed by atoms with Gasteiger partial charge in [0.25, 0.3) is 5.91 Å². The van der Waals surface area contributed by atoms with Crippen LogP contribution in [0.5, 0.6) is 5.75 Å². The third-order valence-electron chi connectivity index (χ3n) is 6.38. The van der Waals surface area contributed by atoms with Crippen LogP contribution in [-0.2, 0) is 4.74 Å². The molecule has 0 unspecified atom stereocenters. The van der Waals surface area contributed by atoms with Crippen LogP contribution >= 0.6 is 0 Å². The largest absolute Gasteiger partial charge is 0.491 e. The predicted molar refractivity (Wildman–Crippen MR) is 135 cm³/mol. The molecule has 9 nitrogen and oxygen atoms in total. The molecular weight excluding hydrogens is 517 g/mol. The average Bonchev–Trinajstić information content (AvgIpc) is 2.89. The lowest BCUT2D eigenvalue weighted by Crippen LogP contribution is -2.51. The van der Waals surface area contributed by atoms with Gasteiger partial charge in [0.1, 0.15) is 41.2 Å². The summed E-state index contributed by atoms with van der Waals surface area (Å²) in [4.78, 5) is 21.1. The minimum Gasteiger partial charge on any atom is -0.491 e. The second kappa shape index (κ2) is 12.1. The maximum atomic E-state index is 14.7. The zero-order chi connectivity index (χ0) is 28.3. The number of amides is 1. The summed E-state index contributed by atoms with van der Waals surface area (Å²) < 4.78 is 55.3. The van der Waals surface area contributed by atoms with Gasteiger partial charge < -0.3 is 30.7 Å². The fraction of sp³-hybridized carbons (Fsp3) is 0.370. The van der Waals surface area contributed by atoms with E-state index in [9.17, 15) is 23.1 Å². The van der Waals surface area contributed by atoms with Crippen molar-refractivity contribution < 1.29 is 37.7 Å². The SMILES string of the molecule is CC(C)[C@H]1O[C@H](c2ccncc2NC(=O)c2ccc(F)c(-c3c(F)cc(OCCO)cc3F)n2)C[C@@H](N)[C@@H]1O. The Bertz CT molecular complexity index is 1320. The van der Waals surface area contributed by atoms with Crippen LogP contribution in [0.15, 0.2) is 42.7 Å². The highest BCUT2D eigenvalue weighted by Crippen LogP contribution is 2.37. The van der Waals surface area contributed by atoms with Crippen LogP contribution in [0.25, 0.3) is 11.3 Å². The van der Waals surface area contributed by atoms with E-state index in [1.165, 1.54) is 12.4 Å². The zero-order valence-electron chi connectivity index (χ0n) is 21.3. The van der Waals surface area contributed by atoms with Crippen LogP contribution in [0, 0.1) is 23.4 Å². The molecule has 39 heavy (non-hydrogen) atoms. The predicted octanol–water partition coefficient (Wildman–Crippen LogP) is 3.36. The molecule has 4 atom stereocenters.